The molecular weight excluding hydrogens is 336 g/mol. The molecule has 0 spiro atoms. The van der Waals surface area contributed by atoms with E-state index in [4.69, 9.17) is 0 Å². The van der Waals surface area contributed by atoms with Gasteiger partial charge in [-0.3, -0.25) is 4.79 Å². The highest BCUT2D eigenvalue weighted by molar-refractivity contribution is 8.00. The van der Waals surface area contributed by atoms with E-state index in [1.165, 1.54) is 18.2 Å². The summed E-state index contributed by atoms with van der Waals surface area (Å²) < 4.78 is 25.0. The van der Waals surface area contributed by atoms with Gasteiger partial charge in [-0.2, -0.15) is 0 Å². The summed E-state index contributed by atoms with van der Waals surface area (Å²) in [6.07, 6.45) is 4.88. The van der Waals surface area contributed by atoms with Crippen LogP contribution in [0.15, 0.2) is 5.16 Å². The van der Waals surface area contributed by atoms with Crippen LogP contribution in [-0.2, 0) is 27.6 Å². The summed E-state index contributed by atoms with van der Waals surface area (Å²) in [7, 11) is -2.98. The van der Waals surface area contributed by atoms with Crippen LogP contribution in [0.4, 0.5) is 0 Å². The summed E-state index contributed by atoms with van der Waals surface area (Å²) in [4.78, 5) is 12.3. The summed E-state index contributed by atoms with van der Waals surface area (Å²) in [5, 5.41) is 11.7. The fourth-order valence-corrected chi connectivity index (χ4v) is 5.56. The Bertz CT molecular complexity index is 686. The summed E-state index contributed by atoms with van der Waals surface area (Å²) in [5.41, 5.74) is 0. The van der Waals surface area contributed by atoms with Crippen molar-refractivity contribution >= 4 is 27.5 Å². The number of rotatable bonds is 4. The SMILES string of the molecule is C[C@@H](Sc1nnc2n1CCCCC2)C(=O)N[C@@H]1CCS(=O)(=O)C1. The van der Waals surface area contributed by atoms with Crippen LogP contribution in [0.2, 0.25) is 0 Å². The van der Waals surface area contributed by atoms with Gasteiger partial charge in [0.05, 0.1) is 16.8 Å². The monoisotopic (exact) mass is 358 g/mol. The van der Waals surface area contributed by atoms with Crippen LogP contribution in [0.25, 0.3) is 0 Å². The first-order chi connectivity index (χ1) is 10.9. The first kappa shape index (κ1) is 16.8. The molecule has 1 aromatic heterocycles. The van der Waals surface area contributed by atoms with E-state index in [2.05, 4.69) is 20.1 Å². The number of carbonyl (C=O) groups excluding carboxylic acids is 1. The molecule has 1 fully saturated rings. The smallest absolute Gasteiger partial charge is 0.233 e. The maximum Gasteiger partial charge on any atom is 0.233 e. The van der Waals surface area contributed by atoms with Crippen LogP contribution in [-0.4, -0.2) is 51.9 Å². The largest absolute Gasteiger partial charge is 0.351 e. The quantitative estimate of drug-likeness (QED) is 0.800. The molecule has 0 aliphatic carbocycles. The highest BCUT2D eigenvalue weighted by Gasteiger charge is 2.30. The summed E-state index contributed by atoms with van der Waals surface area (Å²) in [5.74, 6) is 1.08. The molecule has 0 unspecified atom stereocenters. The van der Waals surface area contributed by atoms with Gasteiger partial charge in [-0.25, -0.2) is 8.42 Å². The number of nitrogens with zero attached hydrogens (tertiary/aromatic N) is 3. The standard InChI is InChI=1S/C14H22N4O3S2/c1-10(13(19)15-11-6-8-23(20,21)9-11)22-14-17-16-12-5-3-2-4-7-18(12)14/h10-11H,2-9H2,1H3,(H,15,19)/t10-,11-/m1/s1. The van der Waals surface area contributed by atoms with Gasteiger partial charge >= 0.3 is 0 Å². The minimum absolute atomic E-state index is 0.0520. The molecule has 1 aromatic rings. The van der Waals surface area contributed by atoms with E-state index in [-0.39, 0.29) is 28.7 Å². The van der Waals surface area contributed by atoms with Crippen LogP contribution >= 0.6 is 11.8 Å². The number of nitrogens with one attached hydrogen (secondary N) is 1. The zero-order chi connectivity index (χ0) is 16.4. The molecule has 128 valence electrons. The predicted octanol–water partition coefficient (Wildman–Crippen LogP) is 0.788. The molecular formula is C14H22N4O3S2. The fraction of sp³-hybridized carbons (Fsp3) is 0.786. The Labute approximate surface area is 140 Å². The van der Waals surface area contributed by atoms with Crippen LogP contribution in [0, 0.1) is 0 Å². The van der Waals surface area contributed by atoms with E-state index < -0.39 is 9.84 Å². The molecule has 0 aromatic carbocycles. The average molecular weight is 358 g/mol. The zero-order valence-electron chi connectivity index (χ0n) is 13.2. The lowest BCUT2D eigenvalue weighted by Crippen LogP contribution is -2.40. The predicted molar refractivity (Wildman–Crippen MR) is 88.1 cm³/mol. The Morgan fingerprint density at radius 3 is 2.91 bits per heavy atom. The number of carbonyl (C=O) groups is 1. The third kappa shape index (κ3) is 4.06. The molecule has 3 heterocycles. The van der Waals surface area contributed by atoms with Crippen molar-refractivity contribution in [1.29, 1.82) is 0 Å². The number of hydrogen-bond donors (Lipinski definition) is 1. The normalized spacial score (nSPS) is 24.7. The fourth-order valence-electron chi connectivity index (χ4n) is 2.98. The molecule has 23 heavy (non-hydrogen) atoms. The van der Waals surface area contributed by atoms with Crippen molar-refractivity contribution < 1.29 is 13.2 Å². The van der Waals surface area contributed by atoms with E-state index in [1.807, 2.05) is 6.92 Å². The summed E-state index contributed by atoms with van der Waals surface area (Å²) in [6, 6.07) is -0.258. The maximum absolute atomic E-state index is 12.3. The number of aromatic nitrogens is 3. The Hall–Kier alpha value is -1.09. The molecule has 1 amide bonds. The molecule has 2 atom stereocenters. The van der Waals surface area contributed by atoms with Gasteiger partial charge in [-0.1, -0.05) is 18.2 Å². The van der Waals surface area contributed by atoms with Crippen LogP contribution in [0.3, 0.4) is 0 Å². The Balaban J connectivity index is 1.60. The Kier molecular flexibility index (Phi) is 4.96. The third-order valence-electron chi connectivity index (χ3n) is 4.31. The summed E-state index contributed by atoms with van der Waals surface area (Å²) in [6.45, 7) is 2.72. The topological polar surface area (TPSA) is 93.9 Å². The van der Waals surface area contributed by atoms with E-state index in [0.29, 0.717) is 6.42 Å². The highest BCUT2D eigenvalue weighted by Crippen LogP contribution is 2.25. The van der Waals surface area contributed by atoms with Crippen LogP contribution in [0.5, 0.6) is 0 Å². The third-order valence-corrected chi connectivity index (χ3v) is 7.15. The molecule has 1 saturated heterocycles. The van der Waals surface area contributed by atoms with Crippen molar-refractivity contribution in [3.63, 3.8) is 0 Å². The van der Waals surface area contributed by atoms with Gasteiger partial charge in [0.2, 0.25) is 5.91 Å². The minimum Gasteiger partial charge on any atom is -0.351 e. The number of amides is 1. The van der Waals surface area contributed by atoms with Gasteiger partial charge < -0.3 is 9.88 Å². The molecule has 9 heteroatoms. The zero-order valence-corrected chi connectivity index (χ0v) is 14.8. The average Bonchev–Trinajstić information content (AvgIpc) is 2.93. The minimum atomic E-state index is -2.98. The van der Waals surface area contributed by atoms with E-state index in [1.54, 1.807) is 0 Å². The van der Waals surface area contributed by atoms with E-state index >= 15 is 0 Å². The molecule has 0 saturated carbocycles. The first-order valence-corrected chi connectivity index (χ1v) is 10.7. The molecule has 3 rings (SSSR count). The van der Waals surface area contributed by atoms with Crippen LogP contribution < -0.4 is 5.32 Å². The molecule has 0 bridgehead atoms. The maximum atomic E-state index is 12.3. The van der Waals surface area contributed by atoms with Gasteiger partial charge in [-0.05, 0) is 26.2 Å². The Morgan fingerprint density at radius 1 is 1.35 bits per heavy atom. The number of thioether (sulfide) groups is 1. The number of hydrogen-bond acceptors (Lipinski definition) is 6. The number of fused-ring (bicyclic) bond motifs is 1. The van der Waals surface area contributed by atoms with Crippen molar-refractivity contribution in [1.82, 2.24) is 20.1 Å². The summed E-state index contributed by atoms with van der Waals surface area (Å²) >= 11 is 1.39. The second kappa shape index (κ2) is 6.80. The lowest BCUT2D eigenvalue weighted by atomic mass is 10.2. The number of aryl methyl sites for hydroxylation is 1. The second-order valence-electron chi connectivity index (χ2n) is 6.23. The lowest BCUT2D eigenvalue weighted by Gasteiger charge is -2.15. The van der Waals surface area contributed by atoms with Crippen molar-refractivity contribution in [2.45, 2.75) is 62.0 Å². The molecule has 0 radical (unpaired) electrons. The second-order valence-corrected chi connectivity index (χ2v) is 9.77. The first-order valence-electron chi connectivity index (χ1n) is 8.04. The van der Waals surface area contributed by atoms with Gasteiger partial charge in [0.1, 0.15) is 5.82 Å². The van der Waals surface area contributed by atoms with Gasteiger partial charge in [0.25, 0.3) is 0 Å². The van der Waals surface area contributed by atoms with Crippen molar-refractivity contribution in [3.8, 4) is 0 Å². The van der Waals surface area contributed by atoms with Crippen molar-refractivity contribution in [3.05, 3.63) is 5.82 Å². The molecule has 2 aliphatic heterocycles. The Morgan fingerprint density at radius 2 is 2.17 bits per heavy atom. The number of sulfone groups is 1. The molecule has 7 nitrogen and oxygen atoms in total. The van der Waals surface area contributed by atoms with Gasteiger partial charge in [-0.15, -0.1) is 10.2 Å². The van der Waals surface area contributed by atoms with Gasteiger partial charge in [0, 0.05) is 19.0 Å². The molecule has 1 N–H and O–H groups in total. The van der Waals surface area contributed by atoms with E-state index in [0.717, 1.165) is 36.8 Å². The lowest BCUT2D eigenvalue weighted by molar-refractivity contribution is -0.120. The van der Waals surface area contributed by atoms with Crippen molar-refractivity contribution in [2.75, 3.05) is 11.5 Å². The van der Waals surface area contributed by atoms with Crippen molar-refractivity contribution in [2.24, 2.45) is 0 Å². The van der Waals surface area contributed by atoms with Gasteiger partial charge in [0.15, 0.2) is 15.0 Å². The molecule has 2 aliphatic rings. The van der Waals surface area contributed by atoms with E-state index in [9.17, 15) is 13.2 Å². The van der Waals surface area contributed by atoms with Crippen LogP contribution in [0.1, 0.15) is 38.4 Å². The highest BCUT2D eigenvalue weighted by atomic mass is 32.2.